The van der Waals surface area contributed by atoms with Crippen molar-refractivity contribution in [2.45, 2.75) is 18.1 Å². The van der Waals surface area contributed by atoms with E-state index in [1.54, 1.807) is 17.7 Å². The number of hydrogen-bond donors (Lipinski definition) is 2. The SMILES string of the molecule is Cc1ccc(C)c(/C=N\NC(=O)c2ccc(NS(=O)(=O)c3cccs3)cc2)c1. The minimum absolute atomic E-state index is 0.232. The van der Waals surface area contributed by atoms with Gasteiger partial charge >= 0.3 is 0 Å². The van der Waals surface area contributed by atoms with Crippen LogP contribution in [0.15, 0.2) is 69.3 Å². The molecule has 28 heavy (non-hydrogen) atoms. The molecule has 0 spiro atoms. The van der Waals surface area contributed by atoms with Crippen LogP contribution in [0.2, 0.25) is 0 Å². The molecule has 0 fully saturated rings. The van der Waals surface area contributed by atoms with Crippen LogP contribution in [0.4, 0.5) is 5.69 Å². The van der Waals surface area contributed by atoms with E-state index in [-0.39, 0.29) is 10.1 Å². The van der Waals surface area contributed by atoms with Gasteiger partial charge in [0.25, 0.3) is 15.9 Å². The van der Waals surface area contributed by atoms with Crippen LogP contribution < -0.4 is 10.1 Å². The number of amides is 1. The summed E-state index contributed by atoms with van der Waals surface area (Å²) in [5.41, 5.74) is 6.33. The molecule has 0 radical (unpaired) electrons. The zero-order chi connectivity index (χ0) is 20.1. The number of aryl methyl sites for hydroxylation is 2. The van der Waals surface area contributed by atoms with Gasteiger partial charge in [-0.15, -0.1) is 11.3 Å². The third-order valence-corrected chi connectivity index (χ3v) is 6.74. The van der Waals surface area contributed by atoms with Crippen LogP contribution in [0.25, 0.3) is 0 Å². The molecule has 3 aromatic rings. The first-order valence-electron chi connectivity index (χ1n) is 8.42. The van der Waals surface area contributed by atoms with Gasteiger partial charge < -0.3 is 0 Å². The lowest BCUT2D eigenvalue weighted by atomic mass is 10.1. The first-order valence-corrected chi connectivity index (χ1v) is 10.8. The maximum Gasteiger partial charge on any atom is 0.271 e. The molecular formula is C20H19N3O3S2. The van der Waals surface area contributed by atoms with E-state index in [0.29, 0.717) is 11.3 Å². The molecular weight excluding hydrogens is 394 g/mol. The lowest BCUT2D eigenvalue weighted by Crippen LogP contribution is -2.18. The number of hydrazone groups is 1. The van der Waals surface area contributed by atoms with E-state index in [4.69, 9.17) is 0 Å². The Balaban J connectivity index is 1.64. The number of carbonyl (C=O) groups is 1. The number of hydrogen-bond acceptors (Lipinski definition) is 5. The smallest absolute Gasteiger partial charge is 0.271 e. The van der Waals surface area contributed by atoms with Crippen molar-refractivity contribution in [1.29, 1.82) is 0 Å². The summed E-state index contributed by atoms with van der Waals surface area (Å²) in [6, 6.07) is 15.3. The first kappa shape index (κ1) is 19.8. The van der Waals surface area contributed by atoms with Crippen molar-refractivity contribution in [1.82, 2.24) is 5.43 Å². The summed E-state index contributed by atoms with van der Waals surface area (Å²) in [7, 11) is -3.61. The molecule has 1 amide bonds. The number of benzene rings is 2. The number of carbonyl (C=O) groups excluding carboxylic acids is 1. The molecule has 0 aliphatic rings. The number of nitrogens with zero attached hydrogens (tertiary/aromatic N) is 1. The summed E-state index contributed by atoms with van der Waals surface area (Å²) >= 11 is 1.14. The van der Waals surface area contributed by atoms with E-state index in [9.17, 15) is 13.2 Å². The van der Waals surface area contributed by atoms with Crippen LogP contribution in [0.1, 0.15) is 27.0 Å². The Bertz CT molecular complexity index is 1100. The average Bonchev–Trinajstić information content (AvgIpc) is 3.20. The van der Waals surface area contributed by atoms with Crippen molar-refractivity contribution in [2.75, 3.05) is 4.72 Å². The van der Waals surface area contributed by atoms with E-state index >= 15 is 0 Å². The second-order valence-electron chi connectivity index (χ2n) is 6.17. The Morgan fingerprint density at radius 1 is 1.07 bits per heavy atom. The predicted octanol–water partition coefficient (Wildman–Crippen LogP) is 3.93. The molecule has 0 aliphatic carbocycles. The molecule has 0 unspecified atom stereocenters. The van der Waals surface area contributed by atoms with E-state index in [1.165, 1.54) is 30.3 Å². The highest BCUT2D eigenvalue weighted by Gasteiger charge is 2.15. The van der Waals surface area contributed by atoms with Gasteiger partial charge in [0.2, 0.25) is 0 Å². The highest BCUT2D eigenvalue weighted by Crippen LogP contribution is 2.20. The Kier molecular flexibility index (Phi) is 5.91. The minimum Gasteiger partial charge on any atom is -0.279 e. The van der Waals surface area contributed by atoms with Crippen molar-refractivity contribution >= 4 is 39.2 Å². The van der Waals surface area contributed by atoms with Gasteiger partial charge in [0.05, 0.1) is 6.21 Å². The van der Waals surface area contributed by atoms with Gasteiger partial charge in [-0.25, -0.2) is 13.8 Å². The molecule has 0 saturated heterocycles. The lowest BCUT2D eigenvalue weighted by Gasteiger charge is -2.07. The Labute approximate surface area is 168 Å². The van der Waals surface area contributed by atoms with Gasteiger partial charge in [-0.3, -0.25) is 9.52 Å². The number of rotatable bonds is 6. The van der Waals surface area contributed by atoms with Crippen LogP contribution in [0, 0.1) is 13.8 Å². The van der Waals surface area contributed by atoms with Crippen LogP contribution in [-0.2, 0) is 10.0 Å². The maximum atomic E-state index is 12.2. The Morgan fingerprint density at radius 2 is 1.82 bits per heavy atom. The minimum atomic E-state index is -3.61. The van der Waals surface area contributed by atoms with Gasteiger partial charge in [-0.05, 0) is 60.7 Å². The topological polar surface area (TPSA) is 87.6 Å². The summed E-state index contributed by atoms with van der Waals surface area (Å²) < 4.78 is 27.1. The maximum absolute atomic E-state index is 12.2. The second-order valence-corrected chi connectivity index (χ2v) is 9.03. The standard InChI is InChI=1S/C20H19N3O3S2/c1-14-5-6-15(2)17(12-14)13-21-22-20(24)16-7-9-18(10-8-16)23-28(25,26)19-4-3-11-27-19/h3-13,23H,1-2H3,(H,22,24)/b21-13-. The van der Waals surface area contributed by atoms with E-state index in [0.717, 1.165) is 28.0 Å². The molecule has 2 N–H and O–H groups in total. The number of nitrogens with one attached hydrogen (secondary N) is 2. The zero-order valence-corrected chi connectivity index (χ0v) is 17.0. The molecule has 0 saturated carbocycles. The molecule has 0 aliphatic heterocycles. The Hall–Kier alpha value is -2.97. The molecule has 1 aromatic heterocycles. The van der Waals surface area contributed by atoms with Crippen LogP contribution in [-0.4, -0.2) is 20.5 Å². The Morgan fingerprint density at radius 3 is 2.50 bits per heavy atom. The summed E-state index contributed by atoms with van der Waals surface area (Å²) in [4.78, 5) is 12.2. The van der Waals surface area contributed by atoms with Gasteiger partial charge in [-0.2, -0.15) is 5.10 Å². The molecule has 1 heterocycles. The van der Waals surface area contributed by atoms with Gasteiger partial charge in [0.1, 0.15) is 4.21 Å². The molecule has 3 rings (SSSR count). The van der Waals surface area contributed by atoms with Crippen LogP contribution in [0.3, 0.4) is 0 Å². The van der Waals surface area contributed by atoms with Crippen molar-refractivity contribution in [3.8, 4) is 0 Å². The molecule has 2 aromatic carbocycles. The summed E-state index contributed by atoms with van der Waals surface area (Å²) in [6.45, 7) is 3.96. The third kappa shape index (κ3) is 4.85. The van der Waals surface area contributed by atoms with Crippen molar-refractivity contribution in [2.24, 2.45) is 5.10 Å². The monoisotopic (exact) mass is 413 g/mol. The fraction of sp³-hybridized carbons (Fsp3) is 0.100. The van der Waals surface area contributed by atoms with E-state index in [2.05, 4.69) is 15.2 Å². The normalized spacial score (nSPS) is 11.5. The molecule has 144 valence electrons. The summed E-state index contributed by atoms with van der Waals surface area (Å²) in [5.74, 6) is -0.380. The van der Waals surface area contributed by atoms with Crippen molar-refractivity contribution in [3.63, 3.8) is 0 Å². The second kappa shape index (κ2) is 8.37. The number of thiophene rings is 1. The van der Waals surface area contributed by atoms with Gasteiger partial charge in [-0.1, -0.05) is 29.8 Å². The zero-order valence-electron chi connectivity index (χ0n) is 15.3. The molecule has 0 bridgehead atoms. The van der Waals surface area contributed by atoms with Crippen molar-refractivity contribution < 1.29 is 13.2 Å². The molecule has 0 atom stereocenters. The largest absolute Gasteiger partial charge is 0.279 e. The number of sulfonamides is 1. The van der Waals surface area contributed by atoms with Crippen molar-refractivity contribution in [3.05, 3.63) is 82.2 Å². The average molecular weight is 414 g/mol. The fourth-order valence-electron chi connectivity index (χ4n) is 2.44. The predicted molar refractivity (Wildman–Crippen MR) is 113 cm³/mol. The fourth-order valence-corrected chi connectivity index (χ4v) is 4.49. The van der Waals surface area contributed by atoms with Gasteiger partial charge in [0.15, 0.2) is 0 Å². The summed E-state index contributed by atoms with van der Waals surface area (Å²) in [5, 5.41) is 5.70. The van der Waals surface area contributed by atoms with Gasteiger partial charge in [0, 0.05) is 11.3 Å². The molecule has 6 nitrogen and oxygen atoms in total. The molecule has 8 heteroatoms. The van der Waals surface area contributed by atoms with E-state index in [1.807, 2.05) is 32.0 Å². The highest BCUT2D eigenvalue weighted by atomic mass is 32.2. The first-order chi connectivity index (χ1) is 13.3. The summed E-state index contributed by atoms with van der Waals surface area (Å²) in [6.07, 6.45) is 1.60. The third-order valence-electron chi connectivity index (χ3n) is 3.96. The van der Waals surface area contributed by atoms with E-state index < -0.39 is 10.0 Å². The lowest BCUT2D eigenvalue weighted by molar-refractivity contribution is 0.0955. The quantitative estimate of drug-likeness (QED) is 0.474. The highest BCUT2D eigenvalue weighted by molar-refractivity contribution is 7.94. The van der Waals surface area contributed by atoms with Crippen LogP contribution in [0.5, 0.6) is 0 Å². The van der Waals surface area contributed by atoms with Crippen LogP contribution >= 0.6 is 11.3 Å². The number of anilines is 1.